The van der Waals surface area contributed by atoms with Crippen molar-refractivity contribution in [3.05, 3.63) is 75.9 Å². The normalized spacial score (nSPS) is 14.8. The van der Waals surface area contributed by atoms with Crippen molar-refractivity contribution < 1.29 is 0 Å². The number of para-hydroxylation sites is 1. The van der Waals surface area contributed by atoms with Gasteiger partial charge in [0.2, 0.25) is 0 Å². The van der Waals surface area contributed by atoms with Crippen LogP contribution in [0.1, 0.15) is 51.3 Å². The third-order valence-electron chi connectivity index (χ3n) is 6.26. The van der Waals surface area contributed by atoms with E-state index in [1.807, 2.05) is 20.0 Å². The van der Waals surface area contributed by atoms with Crippen LogP contribution in [0.3, 0.4) is 0 Å². The first-order chi connectivity index (χ1) is 16.0. The maximum Gasteiger partial charge on any atom is 0.133 e. The molecule has 0 bridgehead atoms. The minimum Gasteiger partial charge on any atom is -0.371 e. The van der Waals surface area contributed by atoms with Gasteiger partial charge in [0.05, 0.1) is 5.69 Å². The van der Waals surface area contributed by atoms with Crippen LogP contribution < -0.4 is 15.1 Å². The first-order valence-electron chi connectivity index (χ1n) is 12.1. The van der Waals surface area contributed by atoms with Crippen LogP contribution >= 0.6 is 15.9 Å². The number of halogens is 1. The van der Waals surface area contributed by atoms with Crippen LogP contribution in [0.2, 0.25) is 0 Å². The molecule has 1 N–H and O–H groups in total. The molecule has 3 aromatic rings. The Labute approximate surface area is 208 Å². The number of benzene rings is 2. The monoisotopic (exact) mass is 508 g/mol. The average molecular weight is 510 g/mol. The van der Waals surface area contributed by atoms with Gasteiger partial charge in [-0.25, -0.2) is 4.98 Å². The largest absolute Gasteiger partial charge is 0.371 e. The Morgan fingerprint density at radius 2 is 1.82 bits per heavy atom. The zero-order chi connectivity index (χ0) is 24.0. The Balaban J connectivity index is 0.00000149. The second-order valence-corrected chi connectivity index (χ2v) is 9.08. The van der Waals surface area contributed by atoms with Gasteiger partial charge in [0.15, 0.2) is 0 Å². The Hall–Kier alpha value is -2.53. The van der Waals surface area contributed by atoms with Gasteiger partial charge >= 0.3 is 0 Å². The molecule has 0 spiro atoms. The summed E-state index contributed by atoms with van der Waals surface area (Å²) in [4.78, 5) is 9.56. The number of anilines is 4. The van der Waals surface area contributed by atoms with Gasteiger partial charge in [-0.15, -0.1) is 0 Å². The van der Waals surface area contributed by atoms with Crippen LogP contribution in [0.5, 0.6) is 0 Å². The summed E-state index contributed by atoms with van der Waals surface area (Å²) in [6.07, 6.45) is 2.89. The summed E-state index contributed by atoms with van der Waals surface area (Å²) in [5.74, 6) is 0.969. The standard InChI is InChI=1S/C26H31BrN4.C2H6/c1-5-30(6-2)25-12-11-21(16-23(25)27)29-26-22-15-19(4)31(17-20(22)13-14-28-26)24-10-8-7-9-18(24)3;1-2/h7-14,16,19H,5-6,15,17H2,1-4H3,(H,28,29);1-2H3. The first kappa shape index (κ1) is 25.1. The predicted octanol–water partition coefficient (Wildman–Crippen LogP) is 7.72. The number of pyridine rings is 1. The molecule has 1 unspecified atom stereocenters. The van der Waals surface area contributed by atoms with Crippen molar-refractivity contribution >= 4 is 38.8 Å². The van der Waals surface area contributed by atoms with E-state index in [1.54, 1.807) is 0 Å². The fourth-order valence-electron chi connectivity index (χ4n) is 4.51. The molecule has 1 atom stereocenters. The van der Waals surface area contributed by atoms with Crippen molar-refractivity contribution in [2.75, 3.05) is 28.2 Å². The number of nitrogens with zero attached hydrogens (tertiary/aromatic N) is 3. The van der Waals surface area contributed by atoms with Gasteiger partial charge in [-0.2, -0.15) is 0 Å². The van der Waals surface area contributed by atoms with E-state index in [0.29, 0.717) is 6.04 Å². The van der Waals surface area contributed by atoms with Crippen molar-refractivity contribution in [2.24, 2.45) is 0 Å². The number of fused-ring (bicyclic) bond motifs is 1. The average Bonchev–Trinajstić information content (AvgIpc) is 2.83. The van der Waals surface area contributed by atoms with Crippen molar-refractivity contribution in [1.82, 2.24) is 4.98 Å². The molecule has 0 radical (unpaired) electrons. The number of aromatic nitrogens is 1. The van der Waals surface area contributed by atoms with E-state index in [4.69, 9.17) is 4.98 Å². The van der Waals surface area contributed by atoms with Gasteiger partial charge in [-0.3, -0.25) is 0 Å². The van der Waals surface area contributed by atoms with Crippen molar-refractivity contribution in [1.29, 1.82) is 0 Å². The lowest BCUT2D eigenvalue weighted by Gasteiger charge is -2.38. The van der Waals surface area contributed by atoms with E-state index in [2.05, 4.69) is 107 Å². The maximum absolute atomic E-state index is 4.70. The lowest BCUT2D eigenvalue weighted by atomic mass is 9.94. The minimum absolute atomic E-state index is 0.412. The summed E-state index contributed by atoms with van der Waals surface area (Å²) in [6.45, 7) is 15.8. The molecule has 33 heavy (non-hydrogen) atoms. The van der Waals surface area contributed by atoms with Crippen LogP contribution in [0.4, 0.5) is 22.9 Å². The van der Waals surface area contributed by atoms with Crippen molar-refractivity contribution in [3.63, 3.8) is 0 Å². The molecule has 0 saturated heterocycles. The van der Waals surface area contributed by atoms with Crippen LogP contribution in [-0.2, 0) is 13.0 Å². The Kier molecular flexibility index (Phi) is 8.79. The highest BCUT2D eigenvalue weighted by atomic mass is 79.9. The summed E-state index contributed by atoms with van der Waals surface area (Å²) in [7, 11) is 0. The Morgan fingerprint density at radius 3 is 2.48 bits per heavy atom. The molecule has 1 aromatic heterocycles. The molecule has 2 aromatic carbocycles. The Morgan fingerprint density at radius 1 is 1.09 bits per heavy atom. The molecule has 176 valence electrons. The van der Waals surface area contributed by atoms with Gasteiger partial charge in [-0.05, 0) is 91.5 Å². The highest BCUT2D eigenvalue weighted by molar-refractivity contribution is 9.10. The highest BCUT2D eigenvalue weighted by Gasteiger charge is 2.26. The number of rotatable bonds is 6. The molecule has 4 rings (SSSR count). The van der Waals surface area contributed by atoms with Gasteiger partial charge in [0, 0.05) is 53.3 Å². The molecule has 1 aliphatic rings. The highest BCUT2D eigenvalue weighted by Crippen LogP contribution is 2.35. The van der Waals surface area contributed by atoms with E-state index >= 15 is 0 Å². The van der Waals surface area contributed by atoms with Gasteiger partial charge in [0.1, 0.15) is 5.82 Å². The molecule has 5 heteroatoms. The topological polar surface area (TPSA) is 31.4 Å². The second-order valence-electron chi connectivity index (χ2n) is 8.23. The van der Waals surface area contributed by atoms with Crippen molar-refractivity contribution in [3.8, 4) is 0 Å². The van der Waals surface area contributed by atoms with E-state index in [0.717, 1.165) is 42.0 Å². The summed E-state index contributed by atoms with van der Waals surface area (Å²) in [5, 5.41) is 3.58. The SMILES string of the molecule is CC.CCN(CC)c1ccc(Nc2nccc3c2CC(C)N(c2ccccc2C)C3)cc1Br. The minimum atomic E-state index is 0.412. The van der Waals surface area contributed by atoms with Crippen molar-refractivity contribution in [2.45, 2.75) is 60.5 Å². The Bertz CT molecular complexity index is 1060. The molecular formula is C28H37BrN4. The first-order valence-corrected chi connectivity index (χ1v) is 12.9. The van der Waals surface area contributed by atoms with Crippen LogP contribution in [0, 0.1) is 6.92 Å². The second kappa shape index (κ2) is 11.6. The maximum atomic E-state index is 4.70. The van der Waals surface area contributed by atoms with E-state index in [-0.39, 0.29) is 0 Å². The molecule has 0 amide bonds. The van der Waals surface area contributed by atoms with E-state index in [9.17, 15) is 0 Å². The van der Waals surface area contributed by atoms with E-state index in [1.165, 1.54) is 28.1 Å². The predicted molar refractivity (Wildman–Crippen MR) is 147 cm³/mol. The van der Waals surface area contributed by atoms with E-state index < -0.39 is 0 Å². The molecule has 4 nitrogen and oxygen atoms in total. The summed E-state index contributed by atoms with van der Waals surface area (Å²) in [6, 6.07) is 17.7. The number of hydrogen-bond donors (Lipinski definition) is 1. The zero-order valence-corrected chi connectivity index (χ0v) is 22.4. The van der Waals surface area contributed by atoms with Gasteiger partial charge < -0.3 is 15.1 Å². The molecule has 1 aliphatic heterocycles. The van der Waals surface area contributed by atoms with Gasteiger partial charge in [0.25, 0.3) is 0 Å². The molecule has 2 heterocycles. The zero-order valence-electron chi connectivity index (χ0n) is 20.8. The molecule has 0 fully saturated rings. The summed E-state index contributed by atoms with van der Waals surface area (Å²) < 4.78 is 1.10. The smallest absolute Gasteiger partial charge is 0.133 e. The van der Waals surface area contributed by atoms with Crippen LogP contribution in [0.25, 0.3) is 0 Å². The fourth-order valence-corrected chi connectivity index (χ4v) is 5.14. The number of hydrogen-bond acceptors (Lipinski definition) is 4. The van der Waals surface area contributed by atoms with Gasteiger partial charge in [-0.1, -0.05) is 32.0 Å². The molecular weight excluding hydrogens is 472 g/mol. The summed E-state index contributed by atoms with van der Waals surface area (Å²) >= 11 is 3.76. The quantitative estimate of drug-likeness (QED) is 0.369. The van der Waals surface area contributed by atoms with Crippen LogP contribution in [-0.4, -0.2) is 24.1 Å². The third-order valence-corrected chi connectivity index (χ3v) is 6.90. The summed E-state index contributed by atoms with van der Waals surface area (Å²) in [5.41, 5.74) is 7.59. The molecule has 0 aliphatic carbocycles. The lowest BCUT2D eigenvalue weighted by Crippen LogP contribution is -2.39. The third kappa shape index (κ3) is 5.52. The number of aryl methyl sites for hydroxylation is 1. The molecule has 0 saturated carbocycles. The van der Waals surface area contributed by atoms with Crippen LogP contribution in [0.15, 0.2) is 59.2 Å². The number of nitrogens with one attached hydrogen (secondary N) is 1. The lowest BCUT2D eigenvalue weighted by molar-refractivity contribution is 0.592. The fraction of sp³-hybridized carbons (Fsp3) is 0.393.